The van der Waals surface area contributed by atoms with Gasteiger partial charge < -0.3 is 11.1 Å². The number of nitrogens with one attached hydrogen (secondary N) is 1. The highest BCUT2D eigenvalue weighted by atomic mass is 19.4. The average molecular weight is 456 g/mol. The topological polar surface area (TPSA) is 90.0 Å². The van der Waals surface area contributed by atoms with Crippen LogP contribution in [0, 0.1) is 5.82 Å². The van der Waals surface area contributed by atoms with E-state index in [0.717, 1.165) is 6.07 Å². The SMILES string of the molecule is NC(=O)c1nn(Cc2cccc(NC(=O)c3ccc(C(F)(F)F)cc3F)c2)c2ccccc12. The van der Waals surface area contributed by atoms with E-state index >= 15 is 0 Å². The summed E-state index contributed by atoms with van der Waals surface area (Å²) in [7, 11) is 0. The van der Waals surface area contributed by atoms with Gasteiger partial charge in [0.05, 0.1) is 23.2 Å². The molecule has 4 aromatic rings. The van der Waals surface area contributed by atoms with Crippen molar-refractivity contribution in [3.8, 4) is 0 Å². The molecule has 0 bridgehead atoms. The number of halogens is 4. The molecule has 0 saturated carbocycles. The largest absolute Gasteiger partial charge is 0.416 e. The number of fused-ring (bicyclic) bond motifs is 1. The van der Waals surface area contributed by atoms with E-state index in [1.54, 1.807) is 53.2 Å². The quantitative estimate of drug-likeness (QED) is 0.431. The lowest BCUT2D eigenvalue weighted by Crippen LogP contribution is -2.15. The highest BCUT2D eigenvalue weighted by molar-refractivity contribution is 6.05. The Labute approximate surface area is 184 Å². The third-order valence-corrected chi connectivity index (χ3v) is 4.95. The van der Waals surface area contributed by atoms with Gasteiger partial charge in [0, 0.05) is 11.1 Å². The van der Waals surface area contributed by atoms with Crippen molar-refractivity contribution in [1.29, 1.82) is 0 Å². The van der Waals surface area contributed by atoms with E-state index in [-0.39, 0.29) is 18.3 Å². The zero-order chi connectivity index (χ0) is 23.8. The smallest absolute Gasteiger partial charge is 0.364 e. The number of alkyl halides is 3. The Bertz CT molecular complexity index is 1380. The van der Waals surface area contributed by atoms with Gasteiger partial charge in [-0.25, -0.2) is 4.39 Å². The summed E-state index contributed by atoms with van der Waals surface area (Å²) in [5.41, 5.74) is 5.54. The minimum Gasteiger partial charge on any atom is -0.364 e. The molecule has 4 rings (SSSR count). The average Bonchev–Trinajstić information content (AvgIpc) is 3.12. The number of anilines is 1. The zero-order valence-electron chi connectivity index (χ0n) is 16.9. The Morgan fingerprint density at radius 1 is 1.00 bits per heavy atom. The molecule has 0 fully saturated rings. The Balaban J connectivity index is 1.57. The van der Waals surface area contributed by atoms with E-state index in [0.29, 0.717) is 28.2 Å². The molecule has 0 aliphatic rings. The molecule has 3 N–H and O–H groups in total. The molecule has 0 saturated heterocycles. The second-order valence-corrected chi connectivity index (χ2v) is 7.23. The van der Waals surface area contributed by atoms with Crippen LogP contribution in [0.25, 0.3) is 10.9 Å². The summed E-state index contributed by atoms with van der Waals surface area (Å²) in [5.74, 6) is -2.83. The molecule has 6 nitrogen and oxygen atoms in total. The van der Waals surface area contributed by atoms with Crippen molar-refractivity contribution in [3.63, 3.8) is 0 Å². The molecule has 0 spiro atoms. The van der Waals surface area contributed by atoms with Crippen molar-refractivity contribution in [1.82, 2.24) is 9.78 Å². The Morgan fingerprint density at radius 2 is 1.76 bits per heavy atom. The second kappa shape index (κ2) is 8.38. The van der Waals surface area contributed by atoms with E-state index < -0.39 is 34.9 Å². The summed E-state index contributed by atoms with van der Waals surface area (Å²) >= 11 is 0. The predicted octanol–water partition coefficient (Wildman–Crippen LogP) is 4.59. The first-order valence-corrected chi connectivity index (χ1v) is 9.66. The number of hydrogen-bond donors (Lipinski definition) is 2. The van der Waals surface area contributed by atoms with Crippen molar-refractivity contribution < 1.29 is 27.2 Å². The number of carbonyl (C=O) groups is 2. The van der Waals surface area contributed by atoms with Gasteiger partial charge in [-0.1, -0.05) is 30.3 Å². The maximum atomic E-state index is 14.1. The zero-order valence-corrected chi connectivity index (χ0v) is 16.9. The van der Waals surface area contributed by atoms with E-state index in [9.17, 15) is 27.2 Å². The molecule has 168 valence electrons. The number of para-hydroxylation sites is 1. The number of amides is 2. The summed E-state index contributed by atoms with van der Waals surface area (Å²) in [4.78, 5) is 24.1. The monoisotopic (exact) mass is 456 g/mol. The molecule has 0 aliphatic carbocycles. The van der Waals surface area contributed by atoms with Crippen LogP contribution >= 0.6 is 0 Å². The Kier molecular flexibility index (Phi) is 5.59. The molecule has 3 aromatic carbocycles. The summed E-state index contributed by atoms with van der Waals surface area (Å²) in [6.45, 7) is 0.242. The number of hydrogen-bond acceptors (Lipinski definition) is 3. The maximum absolute atomic E-state index is 14.1. The standard InChI is InChI=1S/C23H16F4N4O2/c24-18-11-14(23(25,26)27)8-9-16(18)22(33)29-15-5-3-4-13(10-15)12-31-19-7-2-1-6-17(19)20(30-31)21(28)32/h1-11H,12H2,(H2,28,32)(H,29,33). The van der Waals surface area contributed by atoms with E-state index in [2.05, 4.69) is 10.4 Å². The molecule has 0 radical (unpaired) electrons. The van der Waals surface area contributed by atoms with Gasteiger partial charge in [-0.3, -0.25) is 14.3 Å². The van der Waals surface area contributed by atoms with Crippen LogP contribution in [-0.2, 0) is 12.7 Å². The first-order valence-electron chi connectivity index (χ1n) is 9.66. The minimum atomic E-state index is -4.71. The molecule has 1 aromatic heterocycles. The van der Waals surface area contributed by atoms with Gasteiger partial charge in [0.2, 0.25) is 0 Å². The minimum absolute atomic E-state index is 0.132. The highest BCUT2D eigenvalue weighted by Crippen LogP contribution is 2.30. The van der Waals surface area contributed by atoms with Gasteiger partial charge in [0.1, 0.15) is 5.82 Å². The van der Waals surface area contributed by atoms with Crippen LogP contribution in [0.2, 0.25) is 0 Å². The fraction of sp³-hybridized carbons (Fsp3) is 0.0870. The summed E-state index contributed by atoms with van der Waals surface area (Å²) in [5, 5.41) is 7.36. The number of benzene rings is 3. The highest BCUT2D eigenvalue weighted by Gasteiger charge is 2.31. The molecule has 0 unspecified atom stereocenters. The van der Waals surface area contributed by atoms with Crippen molar-refractivity contribution in [3.05, 3.63) is 94.9 Å². The number of carbonyl (C=O) groups excluding carboxylic acids is 2. The lowest BCUT2D eigenvalue weighted by atomic mass is 10.1. The van der Waals surface area contributed by atoms with Crippen LogP contribution < -0.4 is 11.1 Å². The number of rotatable bonds is 5. The summed E-state index contributed by atoms with van der Waals surface area (Å²) in [6, 6.07) is 15.4. The molecule has 33 heavy (non-hydrogen) atoms. The second-order valence-electron chi connectivity index (χ2n) is 7.23. The fourth-order valence-electron chi connectivity index (χ4n) is 3.42. The number of primary amides is 1. The van der Waals surface area contributed by atoms with Gasteiger partial charge in [0.15, 0.2) is 5.69 Å². The summed E-state index contributed by atoms with van der Waals surface area (Å²) in [6.07, 6.45) is -4.71. The van der Waals surface area contributed by atoms with Crippen LogP contribution in [0.1, 0.15) is 32.0 Å². The van der Waals surface area contributed by atoms with Crippen LogP contribution in [0.4, 0.5) is 23.2 Å². The third kappa shape index (κ3) is 4.54. The molecule has 0 aliphatic heterocycles. The van der Waals surface area contributed by atoms with E-state index in [1.807, 2.05) is 0 Å². The van der Waals surface area contributed by atoms with E-state index in [4.69, 9.17) is 5.73 Å². The Hall–Kier alpha value is -4.21. The van der Waals surface area contributed by atoms with Crippen molar-refractivity contribution in [2.75, 3.05) is 5.32 Å². The first-order chi connectivity index (χ1) is 15.6. The van der Waals surface area contributed by atoms with Gasteiger partial charge in [-0.2, -0.15) is 18.3 Å². The lowest BCUT2D eigenvalue weighted by Gasteiger charge is -2.11. The molecular weight excluding hydrogens is 440 g/mol. The maximum Gasteiger partial charge on any atom is 0.416 e. The van der Waals surface area contributed by atoms with Gasteiger partial charge in [0.25, 0.3) is 11.8 Å². The molecule has 0 atom stereocenters. The molecule has 1 heterocycles. The first kappa shape index (κ1) is 22.0. The van der Waals surface area contributed by atoms with Crippen molar-refractivity contribution >= 4 is 28.4 Å². The van der Waals surface area contributed by atoms with Gasteiger partial charge in [-0.05, 0) is 42.0 Å². The van der Waals surface area contributed by atoms with E-state index in [1.165, 1.54) is 0 Å². The number of nitrogens with zero attached hydrogens (tertiary/aromatic N) is 2. The molecular formula is C23H16F4N4O2. The van der Waals surface area contributed by atoms with Crippen LogP contribution in [0.5, 0.6) is 0 Å². The van der Waals surface area contributed by atoms with Crippen LogP contribution in [0.3, 0.4) is 0 Å². The lowest BCUT2D eigenvalue weighted by molar-refractivity contribution is -0.137. The normalized spacial score (nSPS) is 11.5. The van der Waals surface area contributed by atoms with Crippen LogP contribution in [0.15, 0.2) is 66.7 Å². The third-order valence-electron chi connectivity index (χ3n) is 4.95. The number of aromatic nitrogens is 2. The molecule has 10 heteroatoms. The van der Waals surface area contributed by atoms with Crippen molar-refractivity contribution in [2.45, 2.75) is 12.7 Å². The van der Waals surface area contributed by atoms with Gasteiger partial charge in [-0.15, -0.1) is 0 Å². The van der Waals surface area contributed by atoms with Crippen LogP contribution in [-0.4, -0.2) is 21.6 Å². The number of nitrogens with two attached hydrogens (primary N) is 1. The predicted molar refractivity (Wildman–Crippen MR) is 113 cm³/mol. The molecule has 2 amide bonds. The van der Waals surface area contributed by atoms with Gasteiger partial charge >= 0.3 is 6.18 Å². The fourth-order valence-corrected chi connectivity index (χ4v) is 3.42. The van der Waals surface area contributed by atoms with Crippen molar-refractivity contribution in [2.24, 2.45) is 5.73 Å². The Morgan fingerprint density at radius 3 is 2.45 bits per heavy atom. The summed E-state index contributed by atoms with van der Waals surface area (Å²) < 4.78 is 53.8.